The summed E-state index contributed by atoms with van der Waals surface area (Å²) in [4.78, 5) is 12.2. The maximum Gasteiger partial charge on any atom is 0.276 e. The van der Waals surface area contributed by atoms with Crippen molar-refractivity contribution < 1.29 is 9.18 Å². The van der Waals surface area contributed by atoms with E-state index in [4.69, 9.17) is 0 Å². The van der Waals surface area contributed by atoms with Crippen molar-refractivity contribution in [2.24, 2.45) is 0 Å². The molecule has 0 aliphatic carbocycles. The lowest BCUT2D eigenvalue weighted by Gasteiger charge is -2.04. The van der Waals surface area contributed by atoms with Crippen LogP contribution < -0.4 is 5.32 Å². The van der Waals surface area contributed by atoms with Crippen LogP contribution in [-0.2, 0) is 0 Å². The third kappa shape index (κ3) is 3.33. The molecule has 1 N–H and O–H groups in total. The number of aromatic nitrogens is 2. The smallest absolute Gasteiger partial charge is 0.276 e. The lowest BCUT2D eigenvalue weighted by atomic mass is 10.3. The van der Waals surface area contributed by atoms with Gasteiger partial charge in [0.15, 0.2) is 5.69 Å². The third-order valence-electron chi connectivity index (χ3n) is 3.00. The van der Waals surface area contributed by atoms with Crippen molar-refractivity contribution >= 4 is 34.2 Å². The maximum atomic E-state index is 12.9. The molecular formula is C16H11FIN3O. The highest BCUT2D eigenvalue weighted by Gasteiger charge is 2.10. The largest absolute Gasteiger partial charge is 0.321 e. The zero-order chi connectivity index (χ0) is 15.5. The Morgan fingerprint density at radius 1 is 1.14 bits per heavy atom. The molecule has 2 aromatic carbocycles. The molecule has 110 valence electrons. The van der Waals surface area contributed by atoms with E-state index in [1.165, 1.54) is 16.8 Å². The summed E-state index contributed by atoms with van der Waals surface area (Å²) in [6.07, 6.45) is 1.66. The SMILES string of the molecule is O=C(Nc1cccc(I)c1)c1ccn(-c2ccc(F)cc2)n1. The number of benzene rings is 2. The van der Waals surface area contributed by atoms with Crippen LogP contribution in [0.2, 0.25) is 0 Å². The second-order valence-corrected chi connectivity index (χ2v) is 5.83. The summed E-state index contributed by atoms with van der Waals surface area (Å²) >= 11 is 2.18. The third-order valence-corrected chi connectivity index (χ3v) is 3.67. The van der Waals surface area contributed by atoms with E-state index in [9.17, 15) is 9.18 Å². The highest BCUT2D eigenvalue weighted by atomic mass is 127. The van der Waals surface area contributed by atoms with Gasteiger partial charge in [0, 0.05) is 15.5 Å². The normalized spacial score (nSPS) is 10.5. The molecule has 0 saturated heterocycles. The molecule has 3 rings (SSSR count). The van der Waals surface area contributed by atoms with Gasteiger partial charge in [0.1, 0.15) is 5.82 Å². The van der Waals surface area contributed by atoms with E-state index in [-0.39, 0.29) is 11.7 Å². The van der Waals surface area contributed by atoms with E-state index in [2.05, 4.69) is 33.0 Å². The van der Waals surface area contributed by atoms with Crippen molar-refractivity contribution in [2.75, 3.05) is 5.32 Å². The van der Waals surface area contributed by atoms with Crippen LogP contribution in [0, 0.1) is 9.39 Å². The minimum absolute atomic E-state index is 0.289. The van der Waals surface area contributed by atoms with Crippen LogP contribution in [-0.4, -0.2) is 15.7 Å². The molecule has 1 heterocycles. The second kappa shape index (κ2) is 6.27. The highest BCUT2D eigenvalue weighted by Crippen LogP contribution is 2.14. The summed E-state index contributed by atoms with van der Waals surface area (Å²) in [6.45, 7) is 0. The molecule has 0 unspecified atom stereocenters. The fourth-order valence-corrected chi connectivity index (χ4v) is 2.49. The Kier molecular flexibility index (Phi) is 4.19. The van der Waals surface area contributed by atoms with Gasteiger partial charge in [-0.3, -0.25) is 4.79 Å². The molecule has 0 aliphatic heterocycles. The predicted octanol–water partition coefficient (Wildman–Crippen LogP) is 3.87. The topological polar surface area (TPSA) is 46.9 Å². The molecule has 4 nitrogen and oxygen atoms in total. The number of carbonyl (C=O) groups excluding carboxylic acids is 1. The average molecular weight is 407 g/mol. The first-order chi connectivity index (χ1) is 10.6. The molecule has 0 aliphatic rings. The maximum absolute atomic E-state index is 12.9. The summed E-state index contributed by atoms with van der Waals surface area (Å²) in [6, 6.07) is 15.0. The Balaban J connectivity index is 1.78. The van der Waals surface area contributed by atoms with Crippen molar-refractivity contribution in [3.05, 3.63) is 75.9 Å². The van der Waals surface area contributed by atoms with Gasteiger partial charge in [-0.15, -0.1) is 0 Å². The molecule has 0 fully saturated rings. The summed E-state index contributed by atoms with van der Waals surface area (Å²) < 4.78 is 15.5. The summed E-state index contributed by atoms with van der Waals surface area (Å²) in [7, 11) is 0. The lowest BCUT2D eigenvalue weighted by Crippen LogP contribution is -2.13. The second-order valence-electron chi connectivity index (χ2n) is 4.59. The average Bonchev–Trinajstić information content (AvgIpc) is 2.98. The van der Waals surface area contributed by atoms with Crippen molar-refractivity contribution in [3.8, 4) is 5.69 Å². The van der Waals surface area contributed by atoms with Crippen molar-refractivity contribution in [3.63, 3.8) is 0 Å². The number of carbonyl (C=O) groups is 1. The van der Waals surface area contributed by atoms with Crippen LogP contribution >= 0.6 is 22.6 Å². The lowest BCUT2D eigenvalue weighted by molar-refractivity contribution is 0.102. The Morgan fingerprint density at radius 2 is 1.91 bits per heavy atom. The molecule has 22 heavy (non-hydrogen) atoms. The van der Waals surface area contributed by atoms with Crippen molar-refractivity contribution in [1.29, 1.82) is 0 Å². The Morgan fingerprint density at radius 3 is 2.64 bits per heavy atom. The zero-order valence-corrected chi connectivity index (χ0v) is 13.5. The highest BCUT2D eigenvalue weighted by molar-refractivity contribution is 14.1. The number of hydrogen-bond donors (Lipinski definition) is 1. The van der Waals surface area contributed by atoms with Crippen molar-refractivity contribution in [2.45, 2.75) is 0 Å². The van der Waals surface area contributed by atoms with E-state index in [0.717, 1.165) is 3.57 Å². The number of rotatable bonds is 3. The van der Waals surface area contributed by atoms with E-state index in [0.29, 0.717) is 17.1 Å². The molecule has 1 aromatic heterocycles. The van der Waals surface area contributed by atoms with E-state index in [1.807, 2.05) is 24.3 Å². The molecular weight excluding hydrogens is 396 g/mol. The van der Waals surface area contributed by atoms with Crippen LogP contribution in [0.4, 0.5) is 10.1 Å². The molecule has 3 aromatic rings. The zero-order valence-electron chi connectivity index (χ0n) is 11.3. The van der Waals surface area contributed by atoms with E-state index < -0.39 is 0 Å². The first-order valence-electron chi connectivity index (χ1n) is 6.50. The summed E-state index contributed by atoms with van der Waals surface area (Å²) in [5.41, 5.74) is 1.70. The fourth-order valence-electron chi connectivity index (χ4n) is 1.94. The predicted molar refractivity (Wildman–Crippen MR) is 90.6 cm³/mol. The minimum Gasteiger partial charge on any atom is -0.321 e. The Hall–Kier alpha value is -2.22. The molecule has 0 bridgehead atoms. The first-order valence-corrected chi connectivity index (χ1v) is 7.58. The van der Waals surface area contributed by atoms with Gasteiger partial charge in [-0.05, 0) is 71.1 Å². The molecule has 6 heteroatoms. The van der Waals surface area contributed by atoms with Gasteiger partial charge in [-0.25, -0.2) is 9.07 Å². The molecule has 0 atom stereocenters. The number of anilines is 1. The number of halogens is 2. The molecule has 0 spiro atoms. The Labute approximate surface area is 140 Å². The van der Waals surface area contributed by atoms with Crippen molar-refractivity contribution in [1.82, 2.24) is 9.78 Å². The van der Waals surface area contributed by atoms with Gasteiger partial charge in [0.25, 0.3) is 5.91 Å². The molecule has 1 amide bonds. The minimum atomic E-state index is -0.312. The quantitative estimate of drug-likeness (QED) is 0.671. The number of nitrogens with zero attached hydrogens (tertiary/aromatic N) is 2. The molecule has 0 radical (unpaired) electrons. The fraction of sp³-hybridized carbons (Fsp3) is 0. The number of hydrogen-bond acceptors (Lipinski definition) is 2. The van der Waals surface area contributed by atoms with Crippen LogP contribution in [0.5, 0.6) is 0 Å². The van der Waals surface area contributed by atoms with Crippen LogP contribution in [0.25, 0.3) is 5.69 Å². The summed E-state index contributed by atoms with van der Waals surface area (Å²) in [5.74, 6) is -0.601. The van der Waals surface area contributed by atoms with Crippen LogP contribution in [0.1, 0.15) is 10.5 Å². The van der Waals surface area contributed by atoms with E-state index in [1.54, 1.807) is 24.4 Å². The summed E-state index contributed by atoms with van der Waals surface area (Å²) in [5, 5.41) is 7.00. The number of nitrogens with one attached hydrogen (secondary N) is 1. The van der Waals surface area contributed by atoms with Gasteiger partial charge < -0.3 is 5.32 Å². The van der Waals surface area contributed by atoms with Crippen LogP contribution in [0.15, 0.2) is 60.8 Å². The van der Waals surface area contributed by atoms with E-state index >= 15 is 0 Å². The van der Waals surface area contributed by atoms with Gasteiger partial charge in [-0.1, -0.05) is 6.07 Å². The Bertz CT molecular complexity index is 814. The van der Waals surface area contributed by atoms with Gasteiger partial charge in [0.05, 0.1) is 5.69 Å². The van der Waals surface area contributed by atoms with Gasteiger partial charge >= 0.3 is 0 Å². The van der Waals surface area contributed by atoms with Gasteiger partial charge in [-0.2, -0.15) is 5.10 Å². The first kappa shape index (κ1) is 14.7. The van der Waals surface area contributed by atoms with Gasteiger partial charge in [0.2, 0.25) is 0 Å². The standard InChI is InChI=1S/C16H11FIN3O/c17-11-4-6-14(7-5-11)21-9-8-15(20-21)16(22)19-13-3-1-2-12(18)10-13/h1-10H,(H,19,22). The number of amides is 1. The van der Waals surface area contributed by atoms with Crippen LogP contribution in [0.3, 0.4) is 0 Å². The molecule has 0 saturated carbocycles. The monoisotopic (exact) mass is 407 g/mol.